The van der Waals surface area contributed by atoms with E-state index in [1.54, 1.807) is 25.6 Å². The number of aryl methyl sites for hydroxylation is 2. The molecule has 0 amide bonds. The van der Waals surface area contributed by atoms with Gasteiger partial charge in [0.25, 0.3) is 0 Å². The van der Waals surface area contributed by atoms with Gasteiger partial charge in [-0.25, -0.2) is 4.98 Å². The average Bonchev–Trinajstić information content (AvgIpc) is 2.72. The van der Waals surface area contributed by atoms with Crippen LogP contribution in [0.4, 0.5) is 0 Å². The molecule has 1 unspecified atom stereocenters. The first-order valence-corrected chi connectivity index (χ1v) is 7.12. The van der Waals surface area contributed by atoms with Crippen LogP contribution in [-0.2, 0) is 16.6 Å². The molecule has 20 heavy (non-hydrogen) atoms. The maximum Gasteiger partial charge on any atom is 0.321 e. The fourth-order valence-corrected chi connectivity index (χ4v) is 2.60. The highest BCUT2D eigenvalue weighted by Gasteiger charge is 2.30. The van der Waals surface area contributed by atoms with Gasteiger partial charge < -0.3 is 4.74 Å². The molecule has 1 heterocycles. The second-order valence-electron chi connectivity index (χ2n) is 4.35. The number of carbonyl (C=O) groups excluding carboxylic acids is 1. The third kappa shape index (κ3) is 2.90. The Morgan fingerprint density at radius 2 is 2.15 bits per heavy atom. The molecule has 0 spiro atoms. The van der Waals surface area contributed by atoms with Gasteiger partial charge in [0.05, 0.1) is 6.61 Å². The second kappa shape index (κ2) is 6.17. The van der Waals surface area contributed by atoms with Crippen LogP contribution in [0.3, 0.4) is 0 Å². The molecule has 2 aromatic rings. The Balaban J connectivity index is 2.53. The summed E-state index contributed by atoms with van der Waals surface area (Å²) in [7, 11) is 1.78. The summed E-state index contributed by atoms with van der Waals surface area (Å²) < 4.78 is 7.66. The smallest absolute Gasteiger partial charge is 0.321 e. The quantitative estimate of drug-likeness (QED) is 0.804. The lowest BCUT2D eigenvalue weighted by Gasteiger charge is -2.16. The molecular weight excluding hydrogens is 322 g/mol. The number of carbonyl (C=O) groups is 1. The van der Waals surface area contributed by atoms with Crippen LogP contribution in [-0.4, -0.2) is 27.3 Å². The molecular formula is C14H16BrN3O2. The monoisotopic (exact) mass is 337 g/mol. The molecule has 106 valence electrons. The predicted molar refractivity (Wildman–Crippen MR) is 78.4 cm³/mol. The summed E-state index contributed by atoms with van der Waals surface area (Å²) in [5.74, 6) is 0.295. The van der Waals surface area contributed by atoms with Crippen molar-refractivity contribution in [2.45, 2.75) is 19.8 Å². The number of hydrogen-bond acceptors (Lipinski definition) is 4. The van der Waals surface area contributed by atoms with Gasteiger partial charge in [-0.2, -0.15) is 5.10 Å². The normalized spacial score (nSPS) is 12.2. The fraction of sp³-hybridized carbons (Fsp3) is 0.357. The molecule has 1 aromatic heterocycles. The van der Waals surface area contributed by atoms with Crippen molar-refractivity contribution in [3.63, 3.8) is 0 Å². The van der Waals surface area contributed by atoms with Crippen molar-refractivity contribution in [3.05, 3.63) is 46.0 Å². The number of hydrogen-bond donors (Lipinski definition) is 0. The molecule has 0 fully saturated rings. The van der Waals surface area contributed by atoms with Crippen molar-refractivity contribution in [2.75, 3.05) is 6.61 Å². The predicted octanol–water partition coefficient (Wildman–Crippen LogP) is 2.58. The van der Waals surface area contributed by atoms with Gasteiger partial charge in [-0.05, 0) is 25.5 Å². The van der Waals surface area contributed by atoms with Gasteiger partial charge in [-0.15, -0.1) is 0 Å². The summed E-state index contributed by atoms with van der Waals surface area (Å²) in [4.78, 5) is 16.7. The van der Waals surface area contributed by atoms with E-state index in [-0.39, 0.29) is 5.97 Å². The number of nitrogens with zero attached hydrogens (tertiary/aromatic N) is 3. The third-order valence-electron chi connectivity index (χ3n) is 2.90. The van der Waals surface area contributed by atoms with Gasteiger partial charge in [-0.3, -0.25) is 9.48 Å². The Labute approximate surface area is 126 Å². The first-order valence-electron chi connectivity index (χ1n) is 6.33. The Hall–Kier alpha value is -1.69. The molecule has 0 aliphatic heterocycles. The van der Waals surface area contributed by atoms with Crippen LogP contribution < -0.4 is 0 Å². The Kier molecular flexibility index (Phi) is 4.54. The average molecular weight is 338 g/mol. The highest BCUT2D eigenvalue weighted by Crippen LogP contribution is 2.30. The Bertz CT molecular complexity index is 625. The molecule has 0 aliphatic carbocycles. The summed E-state index contributed by atoms with van der Waals surface area (Å²) in [6.07, 6.45) is 0. The van der Waals surface area contributed by atoms with Gasteiger partial charge in [0.15, 0.2) is 0 Å². The molecule has 5 nitrogen and oxygen atoms in total. The van der Waals surface area contributed by atoms with Crippen molar-refractivity contribution < 1.29 is 9.53 Å². The molecule has 0 saturated carbocycles. The highest BCUT2D eigenvalue weighted by atomic mass is 79.9. The Morgan fingerprint density at radius 1 is 1.45 bits per heavy atom. The van der Waals surface area contributed by atoms with Crippen molar-refractivity contribution >= 4 is 21.9 Å². The molecule has 6 heteroatoms. The first kappa shape index (κ1) is 14.7. The van der Waals surface area contributed by atoms with Crippen LogP contribution in [0.5, 0.6) is 0 Å². The van der Waals surface area contributed by atoms with E-state index in [0.29, 0.717) is 18.3 Å². The summed E-state index contributed by atoms with van der Waals surface area (Å²) in [6.45, 7) is 3.92. The van der Waals surface area contributed by atoms with Gasteiger partial charge >= 0.3 is 5.97 Å². The zero-order valence-electron chi connectivity index (χ0n) is 11.6. The SMILES string of the molecule is CCOC(=O)C(c1ccccc1Br)c1nc(C)nn1C. The largest absolute Gasteiger partial charge is 0.465 e. The third-order valence-corrected chi connectivity index (χ3v) is 3.62. The number of rotatable bonds is 4. The maximum absolute atomic E-state index is 12.3. The lowest BCUT2D eigenvalue weighted by molar-refractivity contribution is -0.144. The highest BCUT2D eigenvalue weighted by molar-refractivity contribution is 9.10. The van der Waals surface area contributed by atoms with Gasteiger partial charge in [0, 0.05) is 11.5 Å². The van der Waals surface area contributed by atoms with E-state index in [0.717, 1.165) is 10.0 Å². The van der Waals surface area contributed by atoms with E-state index in [1.807, 2.05) is 24.3 Å². The summed E-state index contributed by atoms with van der Waals surface area (Å²) >= 11 is 3.48. The molecule has 1 aromatic carbocycles. The van der Waals surface area contributed by atoms with Crippen molar-refractivity contribution in [3.8, 4) is 0 Å². The summed E-state index contributed by atoms with van der Waals surface area (Å²) in [5.41, 5.74) is 0.821. The lowest BCUT2D eigenvalue weighted by Crippen LogP contribution is -2.21. The number of ether oxygens (including phenoxy) is 1. The Morgan fingerprint density at radius 3 is 2.70 bits per heavy atom. The van der Waals surface area contributed by atoms with Gasteiger partial charge in [0.1, 0.15) is 17.6 Å². The van der Waals surface area contributed by atoms with Crippen LogP contribution in [0, 0.1) is 6.92 Å². The summed E-state index contributed by atoms with van der Waals surface area (Å²) in [5, 5.41) is 4.21. The van der Waals surface area contributed by atoms with E-state index >= 15 is 0 Å². The lowest BCUT2D eigenvalue weighted by atomic mass is 9.98. The molecule has 1 atom stereocenters. The first-order chi connectivity index (χ1) is 9.54. The van der Waals surface area contributed by atoms with Gasteiger partial charge in [-0.1, -0.05) is 34.1 Å². The van der Waals surface area contributed by atoms with E-state index < -0.39 is 5.92 Å². The van der Waals surface area contributed by atoms with Crippen molar-refractivity contribution in [1.82, 2.24) is 14.8 Å². The molecule has 2 rings (SSSR count). The number of halogens is 1. The van der Waals surface area contributed by atoms with E-state index in [4.69, 9.17) is 4.74 Å². The van der Waals surface area contributed by atoms with Gasteiger partial charge in [0.2, 0.25) is 0 Å². The minimum atomic E-state index is -0.586. The molecule has 0 radical (unpaired) electrons. The van der Waals surface area contributed by atoms with E-state index in [1.165, 1.54) is 0 Å². The molecule has 0 aliphatic rings. The number of esters is 1. The number of aromatic nitrogens is 3. The summed E-state index contributed by atoms with van der Waals surface area (Å²) in [6, 6.07) is 7.56. The fourth-order valence-electron chi connectivity index (χ4n) is 2.09. The minimum Gasteiger partial charge on any atom is -0.465 e. The minimum absolute atomic E-state index is 0.324. The van der Waals surface area contributed by atoms with Crippen LogP contribution in [0.1, 0.15) is 30.1 Å². The molecule has 0 saturated heterocycles. The van der Waals surface area contributed by atoms with Crippen LogP contribution in [0.2, 0.25) is 0 Å². The van der Waals surface area contributed by atoms with Crippen LogP contribution in [0.25, 0.3) is 0 Å². The van der Waals surface area contributed by atoms with E-state index in [9.17, 15) is 4.79 Å². The van der Waals surface area contributed by atoms with Crippen LogP contribution >= 0.6 is 15.9 Å². The maximum atomic E-state index is 12.3. The molecule has 0 bridgehead atoms. The zero-order valence-corrected chi connectivity index (χ0v) is 13.2. The molecule has 0 N–H and O–H groups in total. The zero-order chi connectivity index (χ0) is 14.7. The number of benzene rings is 1. The standard InChI is InChI=1S/C14H16BrN3O2/c1-4-20-14(19)12(10-7-5-6-8-11(10)15)13-16-9(2)17-18(13)3/h5-8,12H,4H2,1-3H3. The van der Waals surface area contributed by atoms with Crippen LogP contribution in [0.15, 0.2) is 28.7 Å². The topological polar surface area (TPSA) is 57.0 Å². The van der Waals surface area contributed by atoms with E-state index in [2.05, 4.69) is 26.0 Å². The second-order valence-corrected chi connectivity index (χ2v) is 5.20. The van der Waals surface area contributed by atoms with Crippen molar-refractivity contribution in [2.24, 2.45) is 7.05 Å². The van der Waals surface area contributed by atoms with Crippen molar-refractivity contribution in [1.29, 1.82) is 0 Å².